The molecule has 0 aromatic heterocycles. The lowest BCUT2D eigenvalue weighted by Gasteiger charge is -2.37. The maximum Gasteiger partial charge on any atom is 0.305 e. The Morgan fingerprint density at radius 2 is 2.10 bits per heavy atom. The highest BCUT2D eigenvalue weighted by Crippen LogP contribution is 2.43. The summed E-state index contributed by atoms with van der Waals surface area (Å²) in [6.07, 6.45) is 4.09. The minimum absolute atomic E-state index is 0.0855. The van der Waals surface area contributed by atoms with Crippen molar-refractivity contribution in [1.29, 1.82) is 0 Å². The van der Waals surface area contributed by atoms with Crippen LogP contribution in [0.4, 0.5) is 0 Å². The molecule has 2 heterocycles. The van der Waals surface area contributed by atoms with Crippen LogP contribution in [0.25, 0.3) is 0 Å². The number of carbonyl (C=O) groups excluding carboxylic acids is 1. The fourth-order valence-electron chi connectivity index (χ4n) is 3.79. The minimum atomic E-state index is -0.0855. The van der Waals surface area contributed by atoms with E-state index in [9.17, 15) is 4.79 Å². The Morgan fingerprint density at radius 1 is 1.35 bits per heavy atom. The van der Waals surface area contributed by atoms with Crippen molar-refractivity contribution >= 4 is 28.6 Å². The first-order valence-corrected chi connectivity index (χ1v) is 8.33. The Hall–Kier alpha value is -0.620. The molecule has 4 heteroatoms. The Bertz CT molecular complexity index is 488. The molecule has 0 radical (unpaired) electrons. The number of rotatable bonds is 3. The van der Waals surface area contributed by atoms with Gasteiger partial charge in [0.2, 0.25) is 0 Å². The average molecular weight is 385 g/mol. The van der Waals surface area contributed by atoms with Crippen LogP contribution >= 0.6 is 22.6 Å². The fraction of sp³-hybridized carbons (Fsp3) is 0.562. The second kappa shape index (κ2) is 6.02. The first-order valence-electron chi connectivity index (χ1n) is 7.25. The molecular formula is C16H20INO2. The van der Waals surface area contributed by atoms with Gasteiger partial charge >= 0.3 is 5.97 Å². The molecule has 0 amide bonds. The predicted octanol–water partition coefficient (Wildman–Crippen LogP) is 3.08. The number of methoxy groups -OCH3 is 1. The van der Waals surface area contributed by atoms with E-state index in [0.29, 0.717) is 30.3 Å². The second-order valence-electron chi connectivity index (χ2n) is 5.89. The van der Waals surface area contributed by atoms with Crippen LogP contribution in [0.3, 0.4) is 0 Å². The molecule has 3 nitrogen and oxygen atoms in total. The summed E-state index contributed by atoms with van der Waals surface area (Å²) in [6, 6.07) is 9.86. The summed E-state index contributed by atoms with van der Waals surface area (Å²) in [5.41, 5.74) is 1.37. The molecule has 2 saturated heterocycles. The van der Waals surface area contributed by atoms with E-state index < -0.39 is 0 Å². The first-order chi connectivity index (χ1) is 9.67. The number of esters is 1. The van der Waals surface area contributed by atoms with E-state index in [1.54, 1.807) is 0 Å². The third-order valence-corrected chi connectivity index (χ3v) is 5.50. The maximum atomic E-state index is 11.7. The number of ether oxygens (including phenoxy) is 1. The van der Waals surface area contributed by atoms with Crippen LogP contribution in [0.2, 0.25) is 0 Å². The molecule has 3 rings (SSSR count). The number of piperidine rings is 1. The predicted molar refractivity (Wildman–Crippen MR) is 86.6 cm³/mol. The second-order valence-corrected chi connectivity index (χ2v) is 7.13. The Labute approximate surface area is 133 Å². The zero-order valence-corrected chi connectivity index (χ0v) is 13.8. The molecule has 20 heavy (non-hydrogen) atoms. The third kappa shape index (κ3) is 2.86. The van der Waals surface area contributed by atoms with Crippen molar-refractivity contribution < 1.29 is 9.53 Å². The van der Waals surface area contributed by atoms with E-state index in [2.05, 4.69) is 52.2 Å². The molecule has 1 aromatic carbocycles. The van der Waals surface area contributed by atoms with Crippen molar-refractivity contribution in [3.63, 3.8) is 0 Å². The number of carbonyl (C=O) groups is 1. The lowest BCUT2D eigenvalue weighted by Crippen LogP contribution is -2.45. The standard InChI is InChI=1S/C16H20INO2/c1-20-16(19)9-14-13(8-12-6-7-15(14)18-12)10-2-4-11(17)5-3-10/h2-5,12-15,18H,6-9H2,1H3/t12?,13?,14-,15?/m0/s1. The van der Waals surface area contributed by atoms with Gasteiger partial charge in [-0.3, -0.25) is 4.79 Å². The molecule has 0 saturated carbocycles. The monoisotopic (exact) mass is 385 g/mol. The summed E-state index contributed by atoms with van der Waals surface area (Å²) in [4.78, 5) is 11.7. The Balaban J connectivity index is 1.85. The molecule has 2 aliphatic rings. The van der Waals surface area contributed by atoms with Crippen LogP contribution in [0.15, 0.2) is 24.3 Å². The third-order valence-electron chi connectivity index (χ3n) is 4.78. The quantitative estimate of drug-likeness (QED) is 0.642. The van der Waals surface area contributed by atoms with Crippen LogP contribution < -0.4 is 5.32 Å². The topological polar surface area (TPSA) is 38.3 Å². The number of nitrogens with one attached hydrogen (secondary N) is 1. The molecule has 3 unspecified atom stereocenters. The lowest BCUT2D eigenvalue weighted by molar-refractivity contribution is -0.142. The largest absolute Gasteiger partial charge is 0.469 e. The van der Waals surface area contributed by atoms with Crippen molar-refractivity contribution in [3.05, 3.63) is 33.4 Å². The molecule has 2 fully saturated rings. The van der Waals surface area contributed by atoms with Crippen LogP contribution in [0.1, 0.15) is 37.2 Å². The number of halogens is 1. The number of benzene rings is 1. The summed E-state index contributed by atoms with van der Waals surface area (Å²) in [7, 11) is 1.48. The van der Waals surface area contributed by atoms with Gasteiger partial charge in [-0.15, -0.1) is 0 Å². The minimum Gasteiger partial charge on any atom is -0.469 e. The molecule has 2 bridgehead atoms. The van der Waals surface area contributed by atoms with E-state index in [4.69, 9.17) is 4.74 Å². The van der Waals surface area contributed by atoms with Gasteiger partial charge in [-0.25, -0.2) is 0 Å². The van der Waals surface area contributed by atoms with Gasteiger partial charge in [0.15, 0.2) is 0 Å². The number of fused-ring (bicyclic) bond motifs is 2. The molecule has 4 atom stereocenters. The molecule has 1 N–H and O–H groups in total. The first kappa shape index (κ1) is 14.3. The van der Waals surface area contributed by atoms with Crippen molar-refractivity contribution in [3.8, 4) is 0 Å². The highest BCUT2D eigenvalue weighted by atomic mass is 127. The Morgan fingerprint density at radius 3 is 2.80 bits per heavy atom. The molecule has 108 valence electrons. The molecule has 0 spiro atoms. The maximum absolute atomic E-state index is 11.7. The van der Waals surface area contributed by atoms with Crippen LogP contribution in [0.5, 0.6) is 0 Å². The van der Waals surface area contributed by atoms with Gasteiger partial charge in [-0.1, -0.05) is 12.1 Å². The SMILES string of the molecule is COC(=O)C[C@@H]1C2CCC(CC1c1ccc(I)cc1)N2. The average Bonchev–Trinajstić information content (AvgIpc) is 2.85. The normalized spacial score (nSPS) is 32.1. The van der Waals surface area contributed by atoms with E-state index in [0.717, 1.165) is 6.42 Å². The van der Waals surface area contributed by atoms with Crippen LogP contribution in [0, 0.1) is 9.49 Å². The highest BCUT2D eigenvalue weighted by Gasteiger charge is 2.42. The van der Waals surface area contributed by atoms with Crippen LogP contribution in [-0.2, 0) is 9.53 Å². The number of hydrogen-bond donors (Lipinski definition) is 1. The van der Waals surface area contributed by atoms with Crippen molar-refractivity contribution in [2.75, 3.05) is 7.11 Å². The smallest absolute Gasteiger partial charge is 0.305 e. The summed E-state index contributed by atoms with van der Waals surface area (Å²) in [6.45, 7) is 0. The van der Waals surface area contributed by atoms with Gasteiger partial charge in [0.1, 0.15) is 0 Å². The summed E-state index contributed by atoms with van der Waals surface area (Å²) >= 11 is 2.33. The zero-order chi connectivity index (χ0) is 14.1. The Kier molecular flexibility index (Phi) is 4.31. The van der Waals surface area contributed by atoms with Crippen LogP contribution in [-0.4, -0.2) is 25.2 Å². The van der Waals surface area contributed by atoms with Crippen molar-refractivity contribution in [2.24, 2.45) is 5.92 Å². The van der Waals surface area contributed by atoms with Crippen molar-refractivity contribution in [1.82, 2.24) is 5.32 Å². The lowest BCUT2D eigenvalue weighted by atomic mass is 9.75. The van der Waals surface area contributed by atoms with Gasteiger partial charge in [-0.05, 0) is 71.4 Å². The molecule has 2 aliphatic heterocycles. The van der Waals surface area contributed by atoms with Gasteiger partial charge in [0.05, 0.1) is 13.5 Å². The molecule has 0 aliphatic carbocycles. The molecule has 1 aromatic rings. The van der Waals surface area contributed by atoms with E-state index in [-0.39, 0.29) is 5.97 Å². The van der Waals surface area contributed by atoms with Crippen molar-refractivity contribution in [2.45, 2.75) is 43.7 Å². The van der Waals surface area contributed by atoms with E-state index >= 15 is 0 Å². The van der Waals surface area contributed by atoms with Gasteiger partial charge in [0, 0.05) is 15.7 Å². The molecular weight excluding hydrogens is 365 g/mol. The summed E-state index contributed by atoms with van der Waals surface area (Å²) < 4.78 is 6.15. The summed E-state index contributed by atoms with van der Waals surface area (Å²) in [5.74, 6) is 0.753. The zero-order valence-electron chi connectivity index (χ0n) is 11.6. The fourth-order valence-corrected chi connectivity index (χ4v) is 4.15. The van der Waals surface area contributed by atoms with E-state index in [1.807, 2.05) is 0 Å². The highest BCUT2D eigenvalue weighted by molar-refractivity contribution is 14.1. The summed E-state index contributed by atoms with van der Waals surface area (Å²) in [5, 5.41) is 3.67. The van der Waals surface area contributed by atoms with Gasteiger partial charge in [0.25, 0.3) is 0 Å². The van der Waals surface area contributed by atoms with E-state index in [1.165, 1.54) is 29.1 Å². The van der Waals surface area contributed by atoms with Gasteiger partial charge < -0.3 is 10.1 Å². The number of hydrogen-bond acceptors (Lipinski definition) is 3. The van der Waals surface area contributed by atoms with Gasteiger partial charge in [-0.2, -0.15) is 0 Å².